The van der Waals surface area contributed by atoms with Crippen LogP contribution < -0.4 is 14.2 Å². The van der Waals surface area contributed by atoms with Crippen LogP contribution in [0.1, 0.15) is 36.5 Å². The molecule has 0 saturated heterocycles. The van der Waals surface area contributed by atoms with Gasteiger partial charge in [-0.25, -0.2) is 0 Å². The quantitative estimate of drug-likeness (QED) is 0.705. The van der Waals surface area contributed by atoms with Crippen LogP contribution in [-0.4, -0.2) is 20.3 Å². The molecule has 0 amide bonds. The summed E-state index contributed by atoms with van der Waals surface area (Å²) in [7, 11) is 1.55. The lowest BCUT2D eigenvalue weighted by Gasteiger charge is -2.14. The number of nitrogens with zero attached hydrogens (tertiary/aromatic N) is 1. The van der Waals surface area contributed by atoms with Gasteiger partial charge in [-0.1, -0.05) is 26.0 Å². The lowest BCUT2D eigenvalue weighted by molar-refractivity contribution is 0.211. The van der Waals surface area contributed by atoms with Crippen molar-refractivity contribution in [3.05, 3.63) is 53.1 Å². The van der Waals surface area contributed by atoms with E-state index in [2.05, 4.69) is 32.9 Å². The summed E-state index contributed by atoms with van der Waals surface area (Å²) < 4.78 is 16.7. The van der Waals surface area contributed by atoms with Gasteiger partial charge in [-0.05, 0) is 48.2 Å². The van der Waals surface area contributed by atoms with Gasteiger partial charge in [0.25, 0.3) is 0 Å². The van der Waals surface area contributed by atoms with E-state index in [1.807, 2.05) is 12.1 Å². The number of nitriles is 1. The van der Waals surface area contributed by atoms with E-state index in [1.54, 1.807) is 25.3 Å². The molecular formula is C20H23NO3. The Morgan fingerprint density at radius 2 is 1.83 bits per heavy atom. The summed E-state index contributed by atoms with van der Waals surface area (Å²) in [6, 6.07) is 13.5. The molecule has 0 bridgehead atoms. The van der Waals surface area contributed by atoms with Crippen molar-refractivity contribution < 1.29 is 14.2 Å². The van der Waals surface area contributed by atoms with Crippen LogP contribution >= 0.6 is 0 Å². The van der Waals surface area contributed by atoms with E-state index in [4.69, 9.17) is 19.5 Å². The Morgan fingerprint density at radius 3 is 2.46 bits per heavy atom. The SMILES string of the molecule is COc1cccc(C#N)c1OCCOc1ccc(C(C)C)c(C)c1. The number of para-hydroxylation sites is 1. The molecular weight excluding hydrogens is 302 g/mol. The molecule has 0 aromatic heterocycles. The highest BCUT2D eigenvalue weighted by atomic mass is 16.5. The van der Waals surface area contributed by atoms with Crippen LogP contribution in [-0.2, 0) is 0 Å². The van der Waals surface area contributed by atoms with Crippen molar-refractivity contribution in [3.63, 3.8) is 0 Å². The third-order valence-corrected chi connectivity index (χ3v) is 3.78. The van der Waals surface area contributed by atoms with Crippen molar-refractivity contribution in [2.45, 2.75) is 26.7 Å². The topological polar surface area (TPSA) is 51.5 Å². The second-order valence-electron chi connectivity index (χ2n) is 5.82. The van der Waals surface area contributed by atoms with E-state index >= 15 is 0 Å². The first-order valence-electron chi connectivity index (χ1n) is 8.00. The van der Waals surface area contributed by atoms with E-state index in [0.717, 1.165) is 5.75 Å². The van der Waals surface area contributed by atoms with Crippen molar-refractivity contribution in [2.75, 3.05) is 20.3 Å². The van der Waals surface area contributed by atoms with Crippen LogP contribution in [0, 0.1) is 18.3 Å². The van der Waals surface area contributed by atoms with Crippen molar-refractivity contribution in [1.29, 1.82) is 5.26 Å². The van der Waals surface area contributed by atoms with E-state index in [0.29, 0.717) is 36.2 Å². The third kappa shape index (κ3) is 4.20. The molecule has 0 aliphatic heterocycles. The first-order valence-corrected chi connectivity index (χ1v) is 8.00. The summed E-state index contributed by atoms with van der Waals surface area (Å²) in [4.78, 5) is 0. The number of hydrogen-bond acceptors (Lipinski definition) is 4. The first kappa shape index (κ1) is 17.7. The van der Waals surface area contributed by atoms with Gasteiger partial charge in [-0.2, -0.15) is 5.26 Å². The molecule has 0 aliphatic rings. The summed E-state index contributed by atoms with van der Waals surface area (Å²) in [6.45, 7) is 7.17. The second kappa shape index (κ2) is 8.26. The van der Waals surface area contributed by atoms with Gasteiger partial charge in [-0.15, -0.1) is 0 Å². The number of methoxy groups -OCH3 is 1. The highest BCUT2D eigenvalue weighted by Gasteiger charge is 2.10. The molecule has 0 fully saturated rings. The molecule has 126 valence electrons. The molecule has 0 radical (unpaired) electrons. The average Bonchev–Trinajstić information content (AvgIpc) is 2.58. The van der Waals surface area contributed by atoms with Gasteiger partial charge in [0.2, 0.25) is 0 Å². The molecule has 4 heteroatoms. The summed E-state index contributed by atoms with van der Waals surface area (Å²) in [5.41, 5.74) is 3.00. The maximum Gasteiger partial charge on any atom is 0.179 e. The van der Waals surface area contributed by atoms with Crippen molar-refractivity contribution >= 4 is 0 Å². The zero-order valence-corrected chi connectivity index (χ0v) is 14.6. The minimum Gasteiger partial charge on any atom is -0.493 e. The highest BCUT2D eigenvalue weighted by molar-refractivity contribution is 5.52. The molecule has 4 nitrogen and oxygen atoms in total. The number of hydrogen-bond donors (Lipinski definition) is 0. The number of aryl methyl sites for hydroxylation is 1. The van der Waals surface area contributed by atoms with Crippen LogP contribution in [0.2, 0.25) is 0 Å². The Bertz CT molecular complexity index is 732. The smallest absolute Gasteiger partial charge is 0.179 e. The third-order valence-electron chi connectivity index (χ3n) is 3.78. The molecule has 0 saturated carbocycles. The van der Waals surface area contributed by atoms with Gasteiger partial charge in [0.15, 0.2) is 11.5 Å². The van der Waals surface area contributed by atoms with Crippen molar-refractivity contribution in [2.24, 2.45) is 0 Å². The van der Waals surface area contributed by atoms with Crippen molar-refractivity contribution in [3.8, 4) is 23.3 Å². The maximum atomic E-state index is 9.16. The molecule has 0 atom stereocenters. The number of benzene rings is 2. The van der Waals surface area contributed by atoms with Crippen LogP contribution in [0.3, 0.4) is 0 Å². The van der Waals surface area contributed by atoms with Gasteiger partial charge in [0.1, 0.15) is 25.0 Å². The molecule has 24 heavy (non-hydrogen) atoms. The minimum atomic E-state index is 0.333. The summed E-state index contributed by atoms with van der Waals surface area (Å²) >= 11 is 0. The number of ether oxygens (including phenoxy) is 3. The summed E-state index contributed by atoms with van der Waals surface area (Å²) in [5, 5.41) is 9.16. The van der Waals surface area contributed by atoms with Crippen LogP contribution in [0.25, 0.3) is 0 Å². The standard InChI is InChI=1S/C20H23NO3/c1-14(2)18-9-8-17(12-15(18)3)23-10-11-24-20-16(13-21)6-5-7-19(20)22-4/h5-9,12,14H,10-11H2,1-4H3. The molecule has 0 aliphatic carbocycles. The minimum absolute atomic E-state index is 0.333. The lowest BCUT2D eigenvalue weighted by Crippen LogP contribution is -2.10. The fourth-order valence-electron chi connectivity index (χ4n) is 2.60. The lowest BCUT2D eigenvalue weighted by atomic mass is 9.98. The van der Waals surface area contributed by atoms with Crippen LogP contribution in [0.5, 0.6) is 17.2 Å². The Morgan fingerprint density at radius 1 is 1.08 bits per heavy atom. The molecule has 2 aromatic carbocycles. The molecule has 2 aromatic rings. The van der Waals surface area contributed by atoms with Crippen molar-refractivity contribution in [1.82, 2.24) is 0 Å². The predicted molar refractivity (Wildman–Crippen MR) is 94.0 cm³/mol. The van der Waals surface area contributed by atoms with E-state index < -0.39 is 0 Å². The normalized spacial score (nSPS) is 10.3. The predicted octanol–water partition coefficient (Wildman–Crippen LogP) is 4.46. The molecule has 0 spiro atoms. The summed E-state index contributed by atoms with van der Waals surface area (Å²) in [5.74, 6) is 2.32. The van der Waals surface area contributed by atoms with E-state index in [-0.39, 0.29) is 0 Å². The van der Waals surface area contributed by atoms with Crippen LogP contribution in [0.4, 0.5) is 0 Å². The Kier molecular flexibility index (Phi) is 6.08. The molecule has 0 unspecified atom stereocenters. The van der Waals surface area contributed by atoms with Gasteiger partial charge in [0.05, 0.1) is 12.7 Å². The Balaban J connectivity index is 1.94. The Labute approximate surface area is 143 Å². The molecule has 0 heterocycles. The fraction of sp³-hybridized carbons (Fsp3) is 0.350. The molecule has 0 N–H and O–H groups in total. The Hall–Kier alpha value is -2.67. The van der Waals surface area contributed by atoms with E-state index in [1.165, 1.54) is 11.1 Å². The largest absolute Gasteiger partial charge is 0.493 e. The molecule has 2 rings (SSSR count). The average molecular weight is 325 g/mol. The fourth-order valence-corrected chi connectivity index (χ4v) is 2.60. The second-order valence-corrected chi connectivity index (χ2v) is 5.82. The van der Waals surface area contributed by atoms with Gasteiger partial charge in [0, 0.05) is 0 Å². The van der Waals surface area contributed by atoms with Gasteiger partial charge < -0.3 is 14.2 Å². The maximum absolute atomic E-state index is 9.16. The number of rotatable bonds is 7. The van der Waals surface area contributed by atoms with Gasteiger partial charge >= 0.3 is 0 Å². The first-order chi connectivity index (χ1) is 11.6. The highest BCUT2D eigenvalue weighted by Crippen LogP contribution is 2.30. The van der Waals surface area contributed by atoms with E-state index in [9.17, 15) is 0 Å². The zero-order chi connectivity index (χ0) is 17.5. The summed E-state index contributed by atoms with van der Waals surface area (Å²) in [6.07, 6.45) is 0. The monoisotopic (exact) mass is 325 g/mol. The zero-order valence-electron chi connectivity index (χ0n) is 14.6. The van der Waals surface area contributed by atoms with Crippen LogP contribution in [0.15, 0.2) is 36.4 Å². The van der Waals surface area contributed by atoms with Gasteiger partial charge in [-0.3, -0.25) is 0 Å².